The number of carbonyl (C=O) groups excluding carboxylic acids is 1. The van der Waals surface area contributed by atoms with Crippen LogP contribution in [-0.2, 0) is 17.9 Å². The lowest BCUT2D eigenvalue weighted by molar-refractivity contribution is -0.117. The largest absolute Gasteiger partial charge is 0.467 e. The molecule has 1 amide bonds. The summed E-state index contributed by atoms with van der Waals surface area (Å²) in [6.07, 6.45) is 4.59. The molecule has 2 aromatic rings. The van der Waals surface area contributed by atoms with Gasteiger partial charge in [-0.15, -0.1) is 0 Å². The first-order valence-corrected chi connectivity index (χ1v) is 6.33. The van der Waals surface area contributed by atoms with Crippen LogP contribution >= 0.6 is 0 Å². The smallest absolute Gasteiger partial charge is 0.263 e. The molecule has 0 unspecified atom stereocenters. The number of nitriles is 1. The molecule has 2 rings (SSSR count). The van der Waals surface area contributed by atoms with E-state index in [1.54, 1.807) is 18.3 Å². The summed E-state index contributed by atoms with van der Waals surface area (Å²) in [7, 11) is 0. The summed E-state index contributed by atoms with van der Waals surface area (Å²) in [5, 5.41) is 14.5. The number of nitrogens with one attached hydrogen (secondary N) is 2. The van der Waals surface area contributed by atoms with Crippen molar-refractivity contribution < 1.29 is 9.21 Å². The Morgan fingerprint density at radius 1 is 1.33 bits per heavy atom. The van der Waals surface area contributed by atoms with Gasteiger partial charge in [-0.25, -0.2) is 0 Å². The highest BCUT2D eigenvalue weighted by molar-refractivity contribution is 5.97. The molecule has 6 heteroatoms. The number of pyridine rings is 1. The second-order valence-corrected chi connectivity index (χ2v) is 4.13. The third-order valence-electron chi connectivity index (χ3n) is 2.62. The number of nitrogens with zero attached hydrogens (tertiary/aromatic N) is 2. The Labute approximate surface area is 122 Å². The van der Waals surface area contributed by atoms with Crippen LogP contribution in [0.3, 0.4) is 0 Å². The van der Waals surface area contributed by atoms with Gasteiger partial charge in [-0.05, 0) is 24.3 Å². The first-order chi connectivity index (χ1) is 10.3. The number of hydrogen-bond donors (Lipinski definition) is 2. The van der Waals surface area contributed by atoms with E-state index in [1.807, 2.05) is 24.3 Å². The molecule has 0 spiro atoms. The van der Waals surface area contributed by atoms with Gasteiger partial charge in [0, 0.05) is 12.4 Å². The Kier molecular flexibility index (Phi) is 5.12. The number of rotatable bonds is 6. The summed E-state index contributed by atoms with van der Waals surface area (Å²) in [5.41, 5.74) is 0.819. The van der Waals surface area contributed by atoms with Gasteiger partial charge in [0.15, 0.2) is 0 Å². The zero-order valence-electron chi connectivity index (χ0n) is 11.2. The van der Waals surface area contributed by atoms with Crippen LogP contribution in [0.15, 0.2) is 59.0 Å². The molecular formula is C15H14N4O2. The van der Waals surface area contributed by atoms with E-state index >= 15 is 0 Å². The standard InChI is InChI=1S/C15H14N4O2/c16-8-12(9-17-10-13-4-1-2-6-18-13)15(20)19-11-14-5-3-7-21-14/h1-7,9,17H,10-11H2,(H,19,20)/b12-9-. The number of amides is 1. The summed E-state index contributed by atoms with van der Waals surface area (Å²) in [4.78, 5) is 15.9. The highest BCUT2D eigenvalue weighted by atomic mass is 16.3. The van der Waals surface area contributed by atoms with Crippen molar-refractivity contribution >= 4 is 5.91 Å². The average Bonchev–Trinajstić information content (AvgIpc) is 3.04. The predicted octanol–water partition coefficient (Wildman–Crippen LogP) is 1.49. The maximum atomic E-state index is 11.8. The van der Waals surface area contributed by atoms with Crippen molar-refractivity contribution in [3.05, 3.63) is 66.0 Å². The summed E-state index contributed by atoms with van der Waals surface area (Å²) >= 11 is 0. The monoisotopic (exact) mass is 282 g/mol. The molecule has 6 nitrogen and oxygen atoms in total. The van der Waals surface area contributed by atoms with Crippen molar-refractivity contribution in [3.8, 4) is 6.07 Å². The molecule has 0 saturated carbocycles. The molecule has 2 aromatic heterocycles. The lowest BCUT2D eigenvalue weighted by Crippen LogP contribution is -2.25. The van der Waals surface area contributed by atoms with E-state index in [0.717, 1.165) is 5.69 Å². The highest BCUT2D eigenvalue weighted by Gasteiger charge is 2.08. The minimum atomic E-state index is -0.456. The fraction of sp³-hybridized carbons (Fsp3) is 0.133. The fourth-order valence-corrected chi connectivity index (χ4v) is 1.58. The molecule has 106 valence electrons. The maximum Gasteiger partial charge on any atom is 0.263 e. The molecule has 0 atom stereocenters. The summed E-state index contributed by atoms with van der Waals surface area (Å²) < 4.78 is 5.10. The van der Waals surface area contributed by atoms with Gasteiger partial charge in [-0.3, -0.25) is 9.78 Å². The van der Waals surface area contributed by atoms with Crippen LogP contribution in [0.4, 0.5) is 0 Å². The van der Waals surface area contributed by atoms with E-state index in [-0.39, 0.29) is 12.1 Å². The highest BCUT2D eigenvalue weighted by Crippen LogP contribution is 2.00. The maximum absolute atomic E-state index is 11.8. The predicted molar refractivity (Wildman–Crippen MR) is 75.3 cm³/mol. The van der Waals surface area contributed by atoms with Crippen molar-refractivity contribution in [3.63, 3.8) is 0 Å². The van der Waals surface area contributed by atoms with Gasteiger partial charge >= 0.3 is 0 Å². The van der Waals surface area contributed by atoms with Crippen molar-refractivity contribution in [1.82, 2.24) is 15.6 Å². The molecule has 0 bridgehead atoms. The van der Waals surface area contributed by atoms with E-state index < -0.39 is 5.91 Å². The number of hydrogen-bond acceptors (Lipinski definition) is 5. The quantitative estimate of drug-likeness (QED) is 0.618. The Hall–Kier alpha value is -3.07. The van der Waals surface area contributed by atoms with E-state index in [2.05, 4.69) is 15.6 Å². The van der Waals surface area contributed by atoms with Crippen LogP contribution in [0, 0.1) is 11.3 Å². The molecule has 0 aromatic carbocycles. The van der Waals surface area contributed by atoms with Crippen LogP contribution < -0.4 is 10.6 Å². The average molecular weight is 282 g/mol. The van der Waals surface area contributed by atoms with Gasteiger partial charge in [0.1, 0.15) is 17.4 Å². The van der Waals surface area contributed by atoms with Crippen LogP contribution in [-0.4, -0.2) is 10.9 Å². The Balaban J connectivity index is 1.85. The molecule has 0 saturated heterocycles. The second kappa shape index (κ2) is 7.50. The second-order valence-electron chi connectivity index (χ2n) is 4.13. The van der Waals surface area contributed by atoms with E-state index in [1.165, 1.54) is 12.5 Å². The summed E-state index contributed by atoms with van der Waals surface area (Å²) in [6, 6.07) is 10.9. The lowest BCUT2D eigenvalue weighted by Gasteiger charge is -2.03. The first kappa shape index (κ1) is 14.3. The topological polar surface area (TPSA) is 91.0 Å². The number of carbonyl (C=O) groups is 1. The van der Waals surface area contributed by atoms with Crippen molar-refractivity contribution in [2.75, 3.05) is 0 Å². The van der Waals surface area contributed by atoms with Gasteiger partial charge in [0.2, 0.25) is 0 Å². The van der Waals surface area contributed by atoms with E-state index in [0.29, 0.717) is 12.3 Å². The third kappa shape index (κ3) is 4.51. The third-order valence-corrected chi connectivity index (χ3v) is 2.62. The van der Waals surface area contributed by atoms with Gasteiger partial charge in [0.05, 0.1) is 25.0 Å². The Morgan fingerprint density at radius 2 is 2.24 bits per heavy atom. The zero-order chi connectivity index (χ0) is 14.9. The van der Waals surface area contributed by atoms with Crippen LogP contribution in [0.2, 0.25) is 0 Å². The molecule has 2 N–H and O–H groups in total. The molecule has 0 aliphatic carbocycles. The number of furan rings is 1. The molecule has 21 heavy (non-hydrogen) atoms. The minimum absolute atomic E-state index is 0.00233. The lowest BCUT2D eigenvalue weighted by atomic mass is 10.3. The summed E-state index contributed by atoms with van der Waals surface area (Å²) in [5.74, 6) is 0.171. The Morgan fingerprint density at radius 3 is 2.90 bits per heavy atom. The Bertz CT molecular complexity index is 642. The van der Waals surface area contributed by atoms with Gasteiger partial charge < -0.3 is 15.1 Å². The van der Waals surface area contributed by atoms with Gasteiger partial charge in [0.25, 0.3) is 5.91 Å². The van der Waals surface area contributed by atoms with Crippen molar-refractivity contribution in [2.24, 2.45) is 0 Å². The number of aromatic nitrogens is 1. The van der Waals surface area contributed by atoms with Gasteiger partial charge in [-0.2, -0.15) is 5.26 Å². The SMILES string of the molecule is N#C/C(=C/NCc1ccccn1)C(=O)NCc1ccco1. The van der Waals surface area contributed by atoms with Gasteiger partial charge in [-0.1, -0.05) is 6.07 Å². The molecule has 0 aliphatic rings. The normalized spacial score (nSPS) is 10.7. The summed E-state index contributed by atoms with van der Waals surface area (Å²) in [6.45, 7) is 0.683. The molecule has 0 aliphatic heterocycles. The van der Waals surface area contributed by atoms with Crippen LogP contribution in [0.1, 0.15) is 11.5 Å². The van der Waals surface area contributed by atoms with Crippen molar-refractivity contribution in [2.45, 2.75) is 13.1 Å². The molecule has 0 radical (unpaired) electrons. The van der Waals surface area contributed by atoms with E-state index in [4.69, 9.17) is 9.68 Å². The molecule has 2 heterocycles. The minimum Gasteiger partial charge on any atom is -0.467 e. The van der Waals surface area contributed by atoms with Crippen LogP contribution in [0.25, 0.3) is 0 Å². The fourth-order valence-electron chi connectivity index (χ4n) is 1.58. The first-order valence-electron chi connectivity index (χ1n) is 6.33. The zero-order valence-corrected chi connectivity index (χ0v) is 11.2. The molecular weight excluding hydrogens is 268 g/mol. The molecule has 0 fully saturated rings. The van der Waals surface area contributed by atoms with E-state index in [9.17, 15) is 4.79 Å². The van der Waals surface area contributed by atoms with Crippen LogP contribution in [0.5, 0.6) is 0 Å². The van der Waals surface area contributed by atoms with Crippen molar-refractivity contribution in [1.29, 1.82) is 5.26 Å².